The molecule has 11 aromatic rings. The molecule has 3 heteroatoms. The number of aromatic nitrogens is 2. The van der Waals surface area contributed by atoms with Crippen LogP contribution in [0.15, 0.2) is 182 Å². The first-order valence-corrected chi connectivity index (χ1v) is 22.8. The highest BCUT2D eigenvalue weighted by Crippen LogP contribution is 2.52. The lowest BCUT2D eigenvalue weighted by molar-refractivity contribution is 0.957. The van der Waals surface area contributed by atoms with Crippen molar-refractivity contribution in [1.29, 1.82) is 0 Å². The Labute approximate surface area is 376 Å². The fraction of sp³-hybridized carbons (Fsp3) is 0.115. The van der Waals surface area contributed by atoms with Gasteiger partial charge in [-0.25, -0.2) is 0 Å². The van der Waals surface area contributed by atoms with Gasteiger partial charge in [0.15, 0.2) is 0 Å². The number of benzene rings is 9. The van der Waals surface area contributed by atoms with Crippen LogP contribution in [0.5, 0.6) is 0 Å². The predicted octanol–water partition coefficient (Wildman–Crippen LogP) is 13.4. The van der Waals surface area contributed by atoms with E-state index >= 15 is 0 Å². The molecule has 0 fully saturated rings. The molecule has 0 atom stereocenters. The number of rotatable bonds is 6. The van der Waals surface area contributed by atoms with Crippen LogP contribution in [0.4, 0.5) is 0 Å². The van der Waals surface area contributed by atoms with Crippen LogP contribution in [0.1, 0.15) is 56.0 Å². The van der Waals surface area contributed by atoms with Gasteiger partial charge in [-0.05, 0) is 100 Å². The van der Waals surface area contributed by atoms with Crippen LogP contribution < -0.4 is 16.4 Å². The first-order valence-electron chi connectivity index (χ1n) is 22.8. The number of fused-ring (bicyclic) bond motifs is 9. The van der Waals surface area contributed by atoms with E-state index in [2.05, 4.69) is 233 Å². The highest BCUT2D eigenvalue weighted by atomic mass is 15.0. The van der Waals surface area contributed by atoms with Crippen molar-refractivity contribution in [2.24, 2.45) is 0 Å². The summed E-state index contributed by atoms with van der Waals surface area (Å²) in [4.78, 5) is 0. The van der Waals surface area contributed by atoms with Crippen LogP contribution in [0.25, 0.3) is 66.1 Å². The lowest BCUT2D eigenvalue weighted by atomic mass is 9.34. The van der Waals surface area contributed by atoms with Gasteiger partial charge in [0, 0.05) is 33.0 Å². The average molecular weight is 821 g/mol. The molecule has 0 amide bonds. The maximum atomic E-state index is 2.60. The van der Waals surface area contributed by atoms with Crippen molar-refractivity contribution in [2.75, 3.05) is 0 Å². The molecular weight excluding hydrogens is 771 g/mol. The summed E-state index contributed by atoms with van der Waals surface area (Å²) in [7, 11) is 0. The van der Waals surface area contributed by atoms with Gasteiger partial charge < -0.3 is 9.13 Å². The van der Waals surface area contributed by atoms with Crippen molar-refractivity contribution < 1.29 is 0 Å². The van der Waals surface area contributed by atoms with E-state index in [-0.39, 0.29) is 12.6 Å². The Bertz CT molecular complexity index is 3320. The molecule has 0 aliphatic heterocycles. The van der Waals surface area contributed by atoms with E-state index in [1.54, 1.807) is 0 Å². The molecule has 1 aliphatic carbocycles. The van der Waals surface area contributed by atoms with E-state index < -0.39 is 0 Å². The SMILES string of the molecule is Cc1cc(C)c(B(c2cc(-n3c4ccccc4c4ccccc43)c(C3c4ccccc4-c4ccccc43)c(-n3c4ccccc4c4ccccc43)c2)c2c(C)cc(C)cc2C)c(C)c1. The molecule has 0 radical (unpaired) electrons. The standard InChI is InChI=1S/C61H49BN2/c1-37-31-39(3)60(40(4)32-37)62(61-41(5)33-38(2)34-42(61)6)43-35-56(63-52-27-15-11-21-46(52)47-22-12-16-28-53(47)63)59(58-50-25-9-7-19-44(50)45-20-8-10-26-51(45)58)57(36-43)64-54-29-17-13-23-48(54)49-24-14-18-30-55(49)64/h7-36,58H,1-6H3. The number of para-hydroxylation sites is 4. The van der Waals surface area contributed by atoms with Crippen molar-refractivity contribution in [3.05, 3.63) is 232 Å². The number of hydrogen-bond donors (Lipinski definition) is 0. The Morgan fingerprint density at radius 3 is 1.03 bits per heavy atom. The molecule has 1 aliphatic rings. The van der Waals surface area contributed by atoms with Crippen LogP contribution in [0.3, 0.4) is 0 Å². The highest BCUT2D eigenvalue weighted by Gasteiger charge is 2.37. The Kier molecular flexibility index (Phi) is 8.75. The van der Waals surface area contributed by atoms with E-state index in [1.165, 1.54) is 133 Å². The molecule has 9 aromatic carbocycles. The van der Waals surface area contributed by atoms with Crippen LogP contribution in [0, 0.1) is 41.5 Å². The third-order valence-corrected chi connectivity index (χ3v) is 14.3. The summed E-state index contributed by atoms with van der Waals surface area (Å²) in [6, 6.07) is 69.0. The molecule has 2 aromatic heterocycles. The van der Waals surface area contributed by atoms with Gasteiger partial charge in [0.05, 0.1) is 33.4 Å². The molecule has 306 valence electrons. The first-order chi connectivity index (χ1) is 31.3. The maximum absolute atomic E-state index is 2.60. The number of nitrogens with zero attached hydrogens (tertiary/aromatic N) is 2. The summed E-state index contributed by atoms with van der Waals surface area (Å²) in [5.74, 6) is -0.0459. The molecule has 64 heavy (non-hydrogen) atoms. The lowest BCUT2D eigenvalue weighted by Crippen LogP contribution is -2.56. The molecule has 12 rings (SSSR count). The van der Waals surface area contributed by atoms with Crippen LogP contribution in [-0.4, -0.2) is 15.8 Å². The third kappa shape index (κ3) is 5.66. The van der Waals surface area contributed by atoms with Gasteiger partial charge in [-0.15, -0.1) is 0 Å². The van der Waals surface area contributed by atoms with Gasteiger partial charge in [-0.3, -0.25) is 0 Å². The van der Waals surface area contributed by atoms with Gasteiger partial charge >= 0.3 is 0 Å². The van der Waals surface area contributed by atoms with Gasteiger partial charge in [-0.1, -0.05) is 195 Å². The van der Waals surface area contributed by atoms with E-state index in [0.29, 0.717) is 0 Å². The smallest absolute Gasteiger partial charge is 0.242 e. The van der Waals surface area contributed by atoms with E-state index in [0.717, 1.165) is 0 Å². The predicted molar refractivity (Wildman–Crippen MR) is 274 cm³/mol. The maximum Gasteiger partial charge on any atom is 0.242 e. The Balaban J connectivity index is 1.34. The zero-order chi connectivity index (χ0) is 43.4. The van der Waals surface area contributed by atoms with E-state index in [9.17, 15) is 0 Å². The van der Waals surface area contributed by atoms with Crippen molar-refractivity contribution in [3.63, 3.8) is 0 Å². The normalized spacial score (nSPS) is 12.5. The average Bonchev–Trinajstić information content (AvgIpc) is 3.93. The summed E-state index contributed by atoms with van der Waals surface area (Å²) in [6.45, 7) is 13.7. The second kappa shape index (κ2) is 14.6. The summed E-state index contributed by atoms with van der Waals surface area (Å²) in [6.07, 6.45) is 0. The summed E-state index contributed by atoms with van der Waals surface area (Å²) in [5, 5.41) is 5.03. The number of aryl methyl sites for hydroxylation is 6. The molecule has 2 heterocycles. The van der Waals surface area contributed by atoms with Crippen molar-refractivity contribution in [3.8, 4) is 22.5 Å². The molecular formula is C61H49BN2. The topological polar surface area (TPSA) is 9.86 Å². The van der Waals surface area contributed by atoms with Gasteiger partial charge in [0.2, 0.25) is 6.71 Å². The number of hydrogen-bond acceptors (Lipinski definition) is 0. The molecule has 0 spiro atoms. The van der Waals surface area contributed by atoms with Gasteiger partial charge in [0.25, 0.3) is 0 Å². The fourth-order valence-corrected chi connectivity index (χ4v) is 12.1. The second-order valence-corrected chi connectivity index (χ2v) is 18.4. The fourth-order valence-electron chi connectivity index (χ4n) is 12.1. The molecule has 2 nitrogen and oxygen atoms in total. The minimum atomic E-state index is -0.0459. The molecule has 0 unspecified atom stereocenters. The molecule has 0 saturated carbocycles. The Morgan fingerprint density at radius 1 is 0.359 bits per heavy atom. The first kappa shape index (κ1) is 38.3. The van der Waals surface area contributed by atoms with Crippen LogP contribution in [-0.2, 0) is 0 Å². The zero-order valence-corrected chi connectivity index (χ0v) is 37.4. The highest BCUT2D eigenvalue weighted by molar-refractivity contribution is 6.96. The summed E-state index contributed by atoms with van der Waals surface area (Å²) >= 11 is 0. The molecule has 0 N–H and O–H groups in total. The minimum absolute atomic E-state index is 0.0444. The zero-order valence-electron chi connectivity index (χ0n) is 37.4. The monoisotopic (exact) mass is 820 g/mol. The largest absolute Gasteiger partial charge is 0.309 e. The molecule has 0 bridgehead atoms. The Morgan fingerprint density at radius 2 is 0.672 bits per heavy atom. The summed E-state index contributed by atoms with van der Waals surface area (Å²) < 4.78 is 5.20. The lowest BCUT2D eigenvalue weighted by Gasteiger charge is -2.29. The quantitative estimate of drug-likeness (QED) is 0.148. The third-order valence-electron chi connectivity index (χ3n) is 14.3. The van der Waals surface area contributed by atoms with Gasteiger partial charge in [0.1, 0.15) is 0 Å². The van der Waals surface area contributed by atoms with Crippen molar-refractivity contribution >= 4 is 66.7 Å². The molecule has 0 saturated heterocycles. The van der Waals surface area contributed by atoms with Crippen molar-refractivity contribution in [1.82, 2.24) is 9.13 Å². The summed E-state index contributed by atoms with van der Waals surface area (Å²) in [5.41, 5.74) is 25.7. The minimum Gasteiger partial charge on any atom is -0.309 e. The van der Waals surface area contributed by atoms with Crippen molar-refractivity contribution in [2.45, 2.75) is 47.5 Å². The van der Waals surface area contributed by atoms with Crippen LogP contribution >= 0.6 is 0 Å². The van der Waals surface area contributed by atoms with E-state index in [1.807, 2.05) is 0 Å². The van der Waals surface area contributed by atoms with Crippen LogP contribution in [0.2, 0.25) is 0 Å². The Hall–Kier alpha value is -7.36. The van der Waals surface area contributed by atoms with E-state index in [4.69, 9.17) is 0 Å². The van der Waals surface area contributed by atoms with Gasteiger partial charge in [-0.2, -0.15) is 0 Å². The second-order valence-electron chi connectivity index (χ2n) is 18.4.